The second kappa shape index (κ2) is 7.64. The highest BCUT2D eigenvalue weighted by Crippen LogP contribution is 2.45. The molecule has 7 nitrogen and oxygen atoms in total. The summed E-state index contributed by atoms with van der Waals surface area (Å²) in [5, 5.41) is 6.75. The number of thiophene rings is 1. The third kappa shape index (κ3) is 3.04. The monoisotopic (exact) mass is 450 g/mol. The smallest absolute Gasteiger partial charge is 0.227 e. The first-order valence-corrected chi connectivity index (χ1v) is 11.9. The van der Waals surface area contributed by atoms with Gasteiger partial charge in [0.1, 0.15) is 11.5 Å². The van der Waals surface area contributed by atoms with Crippen LogP contribution in [0.4, 0.5) is 0 Å². The highest BCUT2D eigenvalue weighted by atomic mass is 32.1. The Morgan fingerprint density at radius 3 is 2.78 bits per heavy atom. The summed E-state index contributed by atoms with van der Waals surface area (Å²) in [7, 11) is 3.37. The van der Waals surface area contributed by atoms with E-state index in [2.05, 4.69) is 37.5 Å². The van der Waals surface area contributed by atoms with Gasteiger partial charge in [0.25, 0.3) is 0 Å². The van der Waals surface area contributed by atoms with Crippen molar-refractivity contribution in [3.8, 4) is 11.5 Å². The van der Waals surface area contributed by atoms with Gasteiger partial charge in [-0.1, -0.05) is 5.16 Å². The molecule has 166 valence electrons. The van der Waals surface area contributed by atoms with Crippen LogP contribution in [0.3, 0.4) is 0 Å². The minimum absolute atomic E-state index is 0.441. The van der Waals surface area contributed by atoms with Gasteiger partial charge in [0, 0.05) is 29.3 Å². The first-order valence-electron chi connectivity index (χ1n) is 11.0. The maximum Gasteiger partial charge on any atom is 0.227 e. The number of pyridine rings is 1. The van der Waals surface area contributed by atoms with E-state index >= 15 is 0 Å². The summed E-state index contributed by atoms with van der Waals surface area (Å²) in [6.45, 7) is 3.76. The summed E-state index contributed by atoms with van der Waals surface area (Å²) in [4.78, 5) is 15.9. The SMILES string of the molecule is COc1ccc(CN2C(c3cnc4ccsc4c3)=NO[C@@]23CN2CCC3CC2)c(OC)c1. The lowest BCUT2D eigenvalue weighted by Crippen LogP contribution is -2.66. The molecule has 0 radical (unpaired) electrons. The standard InChI is InChI=1S/C24H26N4O3S/c1-29-19-4-3-16(21(12-19)30-2)14-28-23(17-11-22-20(25-13-17)7-10-32-22)26-31-24(28)15-27-8-5-18(24)6-9-27/h3-4,7,10-13,18H,5-6,8-9,14-15H2,1-2H3/t24-/m1/s1. The molecule has 1 aromatic carbocycles. The van der Waals surface area contributed by atoms with Gasteiger partial charge >= 0.3 is 0 Å². The molecule has 2 bridgehead atoms. The van der Waals surface area contributed by atoms with Crippen molar-refractivity contribution < 1.29 is 14.3 Å². The van der Waals surface area contributed by atoms with E-state index in [9.17, 15) is 0 Å². The molecule has 3 aromatic rings. The maximum absolute atomic E-state index is 6.36. The van der Waals surface area contributed by atoms with Crippen LogP contribution in [-0.4, -0.2) is 60.2 Å². The molecule has 1 spiro atoms. The van der Waals surface area contributed by atoms with E-state index in [0.717, 1.165) is 71.2 Å². The molecule has 32 heavy (non-hydrogen) atoms. The molecular weight excluding hydrogens is 424 g/mol. The average Bonchev–Trinajstić information content (AvgIpc) is 3.45. The summed E-state index contributed by atoms with van der Waals surface area (Å²) in [5.74, 6) is 2.87. The number of hydrogen-bond acceptors (Lipinski definition) is 8. The van der Waals surface area contributed by atoms with E-state index in [4.69, 9.17) is 14.3 Å². The number of ether oxygens (including phenoxy) is 2. The van der Waals surface area contributed by atoms with Crippen molar-refractivity contribution in [2.45, 2.75) is 25.1 Å². The molecule has 6 heterocycles. The number of hydrogen-bond donors (Lipinski definition) is 0. The van der Waals surface area contributed by atoms with Crippen molar-refractivity contribution in [3.63, 3.8) is 0 Å². The van der Waals surface area contributed by atoms with Crippen molar-refractivity contribution in [2.24, 2.45) is 11.1 Å². The summed E-state index contributed by atoms with van der Waals surface area (Å²) >= 11 is 1.70. The fraction of sp³-hybridized carbons (Fsp3) is 0.417. The molecular formula is C24H26N4O3S. The molecule has 4 aliphatic heterocycles. The first kappa shape index (κ1) is 19.8. The van der Waals surface area contributed by atoms with Crippen molar-refractivity contribution in [2.75, 3.05) is 33.9 Å². The Morgan fingerprint density at radius 1 is 1.16 bits per heavy atom. The number of nitrogens with zero attached hydrogens (tertiary/aromatic N) is 4. The number of rotatable bonds is 5. The largest absolute Gasteiger partial charge is 0.497 e. The van der Waals surface area contributed by atoms with Crippen LogP contribution in [0.2, 0.25) is 0 Å². The van der Waals surface area contributed by atoms with Crippen molar-refractivity contribution in [1.29, 1.82) is 0 Å². The van der Waals surface area contributed by atoms with Crippen LogP contribution >= 0.6 is 11.3 Å². The fourth-order valence-corrected chi connectivity index (χ4v) is 6.12. The predicted octanol–water partition coefficient (Wildman–Crippen LogP) is 3.93. The minimum atomic E-state index is -0.457. The van der Waals surface area contributed by atoms with E-state index in [1.165, 1.54) is 0 Å². The molecule has 0 saturated carbocycles. The fourth-order valence-electron chi connectivity index (χ4n) is 5.34. The Kier molecular flexibility index (Phi) is 4.73. The van der Waals surface area contributed by atoms with Crippen molar-refractivity contribution >= 4 is 27.4 Å². The summed E-state index contributed by atoms with van der Waals surface area (Å²) in [6.07, 6.45) is 4.17. The van der Waals surface area contributed by atoms with E-state index < -0.39 is 5.72 Å². The molecule has 0 N–H and O–H groups in total. The second-order valence-corrected chi connectivity index (χ2v) is 9.64. The van der Waals surface area contributed by atoms with Crippen LogP contribution in [0, 0.1) is 5.92 Å². The molecule has 3 saturated heterocycles. The normalized spacial score (nSPS) is 26.4. The van der Waals surface area contributed by atoms with Crippen molar-refractivity contribution in [3.05, 3.63) is 53.0 Å². The van der Waals surface area contributed by atoms with Gasteiger partial charge in [-0.15, -0.1) is 11.3 Å². The van der Waals surface area contributed by atoms with Gasteiger partial charge in [-0.2, -0.15) is 0 Å². The van der Waals surface area contributed by atoms with Crippen molar-refractivity contribution in [1.82, 2.24) is 14.8 Å². The van der Waals surface area contributed by atoms with E-state index in [1.807, 2.05) is 24.4 Å². The van der Waals surface area contributed by atoms with E-state index in [0.29, 0.717) is 12.5 Å². The van der Waals surface area contributed by atoms with Gasteiger partial charge in [0.05, 0.1) is 37.5 Å². The van der Waals surface area contributed by atoms with Gasteiger partial charge < -0.3 is 19.2 Å². The number of fused-ring (bicyclic) bond motifs is 3. The zero-order valence-corrected chi connectivity index (χ0v) is 19.1. The van der Waals surface area contributed by atoms with Crippen LogP contribution < -0.4 is 9.47 Å². The first-order chi connectivity index (χ1) is 15.7. The molecule has 2 aromatic heterocycles. The molecule has 4 aliphatic rings. The molecule has 8 heteroatoms. The molecule has 0 unspecified atom stereocenters. The number of piperidine rings is 3. The third-order valence-electron chi connectivity index (χ3n) is 7.06. The predicted molar refractivity (Wildman–Crippen MR) is 124 cm³/mol. The topological polar surface area (TPSA) is 59.4 Å². The second-order valence-electron chi connectivity index (χ2n) is 8.69. The highest BCUT2D eigenvalue weighted by Gasteiger charge is 2.57. The quantitative estimate of drug-likeness (QED) is 0.587. The third-order valence-corrected chi connectivity index (χ3v) is 7.92. The van der Waals surface area contributed by atoms with Gasteiger partial charge in [0.2, 0.25) is 5.72 Å². The summed E-state index contributed by atoms with van der Waals surface area (Å²) in [6, 6.07) is 10.2. The number of benzene rings is 1. The molecule has 3 fully saturated rings. The van der Waals surface area contributed by atoms with Crippen LogP contribution in [0.15, 0.2) is 47.1 Å². The van der Waals surface area contributed by atoms with Crippen LogP contribution in [0.1, 0.15) is 24.0 Å². The van der Waals surface area contributed by atoms with Gasteiger partial charge in [-0.05, 0) is 55.6 Å². The molecule has 0 amide bonds. The highest BCUT2D eigenvalue weighted by molar-refractivity contribution is 7.17. The van der Waals surface area contributed by atoms with Crippen LogP contribution in [0.25, 0.3) is 10.2 Å². The zero-order valence-electron chi connectivity index (χ0n) is 18.3. The zero-order chi connectivity index (χ0) is 21.7. The average molecular weight is 451 g/mol. The van der Waals surface area contributed by atoms with Crippen LogP contribution in [-0.2, 0) is 11.4 Å². The number of methoxy groups -OCH3 is 2. The lowest BCUT2D eigenvalue weighted by molar-refractivity contribution is -0.198. The van der Waals surface area contributed by atoms with Gasteiger partial charge in [0.15, 0.2) is 5.84 Å². The van der Waals surface area contributed by atoms with E-state index in [-0.39, 0.29) is 0 Å². The molecule has 7 rings (SSSR count). The Bertz CT molecular complexity index is 1190. The summed E-state index contributed by atoms with van der Waals surface area (Å²) < 4.78 is 12.3. The molecule has 1 atom stereocenters. The Morgan fingerprint density at radius 2 is 2.03 bits per heavy atom. The lowest BCUT2D eigenvalue weighted by atomic mass is 9.79. The number of aromatic nitrogens is 1. The number of oxime groups is 1. The number of amidine groups is 1. The Hall–Kier alpha value is -2.84. The lowest BCUT2D eigenvalue weighted by Gasteiger charge is -2.53. The summed E-state index contributed by atoms with van der Waals surface area (Å²) in [5.41, 5.74) is 2.62. The van der Waals surface area contributed by atoms with Gasteiger partial charge in [-0.25, -0.2) is 0 Å². The minimum Gasteiger partial charge on any atom is -0.497 e. The molecule has 0 aliphatic carbocycles. The van der Waals surface area contributed by atoms with Gasteiger partial charge in [-0.3, -0.25) is 9.88 Å². The maximum atomic E-state index is 6.36. The Balaban J connectivity index is 1.42. The van der Waals surface area contributed by atoms with E-state index in [1.54, 1.807) is 25.6 Å². The Labute approximate surface area is 191 Å². The van der Waals surface area contributed by atoms with Crippen LogP contribution in [0.5, 0.6) is 11.5 Å².